The van der Waals surface area contributed by atoms with Crippen LogP contribution in [0.4, 0.5) is 11.5 Å². The van der Waals surface area contributed by atoms with Crippen LogP contribution in [0.3, 0.4) is 0 Å². The Balaban J connectivity index is 2.21. The van der Waals surface area contributed by atoms with E-state index in [2.05, 4.69) is 10.3 Å². The molecule has 0 bridgehead atoms. The van der Waals surface area contributed by atoms with Crippen molar-refractivity contribution < 1.29 is 9.90 Å². The van der Waals surface area contributed by atoms with Crippen LogP contribution in [0.2, 0.25) is 5.02 Å². The molecule has 86 valence electrons. The summed E-state index contributed by atoms with van der Waals surface area (Å²) in [6, 6.07) is 9.97. The highest BCUT2D eigenvalue weighted by Crippen LogP contribution is 2.18. The van der Waals surface area contributed by atoms with Crippen molar-refractivity contribution in [2.45, 2.75) is 0 Å². The summed E-state index contributed by atoms with van der Waals surface area (Å²) in [7, 11) is 0. The third-order valence-electron chi connectivity index (χ3n) is 2.12. The number of aromatic nitrogens is 1. The topological polar surface area (TPSA) is 62.2 Å². The van der Waals surface area contributed by atoms with Crippen LogP contribution in [0, 0.1) is 0 Å². The number of pyridine rings is 1. The molecule has 0 aliphatic heterocycles. The quantitative estimate of drug-likeness (QED) is 0.876. The summed E-state index contributed by atoms with van der Waals surface area (Å²) in [4.78, 5) is 14.8. The van der Waals surface area contributed by atoms with E-state index in [1.54, 1.807) is 24.3 Å². The van der Waals surface area contributed by atoms with Gasteiger partial charge in [0.2, 0.25) is 0 Å². The van der Waals surface area contributed by atoms with E-state index in [-0.39, 0.29) is 5.56 Å². The number of nitrogens with zero attached hydrogens (tertiary/aromatic N) is 1. The third kappa shape index (κ3) is 2.95. The van der Waals surface area contributed by atoms with E-state index in [0.29, 0.717) is 10.8 Å². The van der Waals surface area contributed by atoms with Crippen LogP contribution in [0.1, 0.15) is 10.4 Å². The molecule has 0 aliphatic rings. The molecular weight excluding hydrogens is 240 g/mol. The summed E-state index contributed by atoms with van der Waals surface area (Å²) in [6.07, 6.45) is 1.45. The number of aromatic carboxylic acids is 1. The van der Waals surface area contributed by atoms with Crippen molar-refractivity contribution in [1.82, 2.24) is 4.98 Å². The first-order valence-corrected chi connectivity index (χ1v) is 5.25. The van der Waals surface area contributed by atoms with Crippen LogP contribution in [-0.4, -0.2) is 16.1 Å². The molecule has 0 radical (unpaired) electrons. The van der Waals surface area contributed by atoms with E-state index in [0.717, 1.165) is 5.69 Å². The van der Waals surface area contributed by atoms with Gasteiger partial charge in [-0.15, -0.1) is 0 Å². The molecule has 1 heterocycles. The van der Waals surface area contributed by atoms with Gasteiger partial charge in [-0.2, -0.15) is 0 Å². The molecule has 5 heteroatoms. The number of carboxylic acid groups (broad SMARTS) is 1. The third-order valence-corrected chi connectivity index (χ3v) is 2.38. The molecule has 0 saturated carbocycles. The molecule has 0 fully saturated rings. The van der Waals surface area contributed by atoms with Gasteiger partial charge in [0.15, 0.2) is 0 Å². The summed E-state index contributed by atoms with van der Waals surface area (Å²) < 4.78 is 0. The Morgan fingerprint density at radius 2 is 1.94 bits per heavy atom. The first kappa shape index (κ1) is 11.4. The van der Waals surface area contributed by atoms with Crippen molar-refractivity contribution in [3.63, 3.8) is 0 Å². The van der Waals surface area contributed by atoms with Crippen molar-refractivity contribution in [3.05, 3.63) is 53.2 Å². The zero-order valence-electron chi connectivity index (χ0n) is 8.72. The van der Waals surface area contributed by atoms with Crippen LogP contribution in [-0.2, 0) is 0 Å². The van der Waals surface area contributed by atoms with Crippen molar-refractivity contribution in [2.75, 3.05) is 5.32 Å². The molecule has 4 nitrogen and oxygen atoms in total. The van der Waals surface area contributed by atoms with Crippen LogP contribution in [0.5, 0.6) is 0 Å². The molecule has 0 unspecified atom stereocenters. The Morgan fingerprint density at radius 1 is 1.24 bits per heavy atom. The fourth-order valence-electron chi connectivity index (χ4n) is 1.31. The maximum atomic E-state index is 10.8. The van der Waals surface area contributed by atoms with Gasteiger partial charge in [-0.05, 0) is 36.4 Å². The van der Waals surface area contributed by atoms with Gasteiger partial charge < -0.3 is 10.4 Å². The van der Waals surface area contributed by atoms with Gasteiger partial charge in [0, 0.05) is 16.9 Å². The molecule has 2 aromatic rings. The fourth-order valence-corrected chi connectivity index (χ4v) is 1.44. The van der Waals surface area contributed by atoms with Gasteiger partial charge in [-0.1, -0.05) is 11.6 Å². The molecule has 1 aromatic heterocycles. The highest BCUT2D eigenvalue weighted by Gasteiger charge is 2.04. The number of hydrogen-bond acceptors (Lipinski definition) is 3. The van der Waals surface area contributed by atoms with Crippen LogP contribution in [0.25, 0.3) is 0 Å². The second kappa shape index (κ2) is 4.84. The Bertz CT molecular complexity index is 540. The molecule has 0 saturated heterocycles. The number of anilines is 2. The molecule has 2 rings (SSSR count). The van der Waals surface area contributed by atoms with Gasteiger partial charge in [0.05, 0.1) is 5.56 Å². The minimum absolute atomic E-state index is 0.191. The number of carbonyl (C=O) groups is 1. The van der Waals surface area contributed by atoms with Crippen LogP contribution < -0.4 is 5.32 Å². The number of halogens is 1. The zero-order valence-corrected chi connectivity index (χ0v) is 9.48. The Labute approximate surface area is 103 Å². The number of carboxylic acids is 1. The van der Waals surface area contributed by atoms with E-state index in [9.17, 15) is 4.79 Å². The van der Waals surface area contributed by atoms with Gasteiger partial charge >= 0.3 is 5.97 Å². The summed E-state index contributed by atoms with van der Waals surface area (Å²) >= 11 is 5.76. The summed E-state index contributed by atoms with van der Waals surface area (Å²) in [5.74, 6) is -0.501. The van der Waals surface area contributed by atoms with E-state index in [1.807, 2.05) is 0 Å². The molecule has 0 aliphatic carbocycles. The maximum Gasteiger partial charge on any atom is 0.335 e. The lowest BCUT2D eigenvalue weighted by molar-refractivity contribution is 0.0697. The van der Waals surface area contributed by atoms with Gasteiger partial charge in [0.1, 0.15) is 5.82 Å². The summed E-state index contributed by atoms with van der Waals surface area (Å²) in [5, 5.41) is 12.5. The van der Waals surface area contributed by atoms with E-state index in [1.165, 1.54) is 18.3 Å². The SMILES string of the molecule is O=C(O)c1ccnc(Nc2ccc(Cl)cc2)c1. The normalized spacial score (nSPS) is 9.94. The van der Waals surface area contributed by atoms with Gasteiger partial charge in [0.25, 0.3) is 0 Å². The largest absolute Gasteiger partial charge is 0.478 e. The lowest BCUT2D eigenvalue weighted by atomic mass is 10.2. The predicted octanol–water partition coefficient (Wildman–Crippen LogP) is 3.18. The molecule has 2 N–H and O–H groups in total. The number of hydrogen-bond donors (Lipinski definition) is 2. The molecule has 0 amide bonds. The lowest BCUT2D eigenvalue weighted by Crippen LogP contribution is -1.99. The van der Waals surface area contributed by atoms with Crippen molar-refractivity contribution in [2.24, 2.45) is 0 Å². The predicted molar refractivity (Wildman–Crippen MR) is 65.9 cm³/mol. The fraction of sp³-hybridized carbons (Fsp3) is 0. The molecule has 1 aromatic carbocycles. The molecular formula is C12H9ClN2O2. The van der Waals surface area contributed by atoms with Crippen molar-refractivity contribution >= 4 is 29.1 Å². The first-order chi connectivity index (χ1) is 8.15. The average molecular weight is 249 g/mol. The van der Waals surface area contributed by atoms with Crippen LogP contribution >= 0.6 is 11.6 Å². The Kier molecular flexibility index (Phi) is 3.25. The number of nitrogens with one attached hydrogen (secondary N) is 1. The Hall–Kier alpha value is -2.07. The highest BCUT2D eigenvalue weighted by molar-refractivity contribution is 6.30. The number of rotatable bonds is 3. The Morgan fingerprint density at radius 3 is 2.59 bits per heavy atom. The lowest BCUT2D eigenvalue weighted by Gasteiger charge is -2.05. The molecule has 0 spiro atoms. The maximum absolute atomic E-state index is 10.8. The summed E-state index contributed by atoms with van der Waals surface area (Å²) in [6.45, 7) is 0. The first-order valence-electron chi connectivity index (χ1n) is 4.87. The standard InChI is InChI=1S/C12H9ClN2O2/c13-9-1-3-10(4-2-9)15-11-7-8(12(16)17)5-6-14-11/h1-7H,(H,14,15)(H,16,17). The van der Waals surface area contributed by atoms with E-state index >= 15 is 0 Å². The van der Waals surface area contributed by atoms with E-state index in [4.69, 9.17) is 16.7 Å². The average Bonchev–Trinajstić information content (AvgIpc) is 2.32. The van der Waals surface area contributed by atoms with E-state index < -0.39 is 5.97 Å². The minimum Gasteiger partial charge on any atom is -0.478 e. The molecule has 0 atom stereocenters. The number of benzene rings is 1. The molecule has 17 heavy (non-hydrogen) atoms. The van der Waals surface area contributed by atoms with Gasteiger partial charge in [-0.25, -0.2) is 9.78 Å². The van der Waals surface area contributed by atoms with Gasteiger partial charge in [-0.3, -0.25) is 0 Å². The highest BCUT2D eigenvalue weighted by atomic mass is 35.5. The monoisotopic (exact) mass is 248 g/mol. The second-order valence-corrected chi connectivity index (χ2v) is 3.80. The van der Waals surface area contributed by atoms with Crippen molar-refractivity contribution in [1.29, 1.82) is 0 Å². The minimum atomic E-state index is -0.980. The van der Waals surface area contributed by atoms with Crippen LogP contribution in [0.15, 0.2) is 42.6 Å². The zero-order chi connectivity index (χ0) is 12.3. The van der Waals surface area contributed by atoms with Crippen molar-refractivity contribution in [3.8, 4) is 0 Å². The second-order valence-electron chi connectivity index (χ2n) is 3.37. The summed E-state index contributed by atoms with van der Waals surface area (Å²) in [5.41, 5.74) is 0.987. The smallest absolute Gasteiger partial charge is 0.335 e.